The molecule has 7 heteroatoms. The fraction of sp³-hybridized carbons (Fsp3) is 0.200. The lowest BCUT2D eigenvalue weighted by Gasteiger charge is -2.41. The highest BCUT2D eigenvalue weighted by Crippen LogP contribution is 2.33. The number of aryl methyl sites for hydroxylation is 1. The Hall–Kier alpha value is -2.81. The van der Waals surface area contributed by atoms with Crippen molar-refractivity contribution in [2.45, 2.75) is 36.4 Å². The predicted molar refractivity (Wildman–Crippen MR) is 152 cm³/mol. The summed E-state index contributed by atoms with van der Waals surface area (Å²) in [5, 5.41) is 14.6. The molecule has 192 valence electrons. The van der Waals surface area contributed by atoms with Crippen molar-refractivity contribution in [3.63, 3.8) is 0 Å². The monoisotopic (exact) mass is 578 g/mol. The minimum atomic E-state index is -3.92. The van der Waals surface area contributed by atoms with Crippen molar-refractivity contribution in [2.75, 3.05) is 6.61 Å². The maximum absolute atomic E-state index is 13.7. The van der Waals surface area contributed by atoms with E-state index in [4.69, 9.17) is 0 Å². The van der Waals surface area contributed by atoms with Gasteiger partial charge in [-0.15, -0.1) is 0 Å². The highest BCUT2D eigenvalue weighted by Gasteiger charge is 2.42. The van der Waals surface area contributed by atoms with Gasteiger partial charge in [0.1, 0.15) is 0 Å². The summed E-state index contributed by atoms with van der Waals surface area (Å²) in [7, 11) is -3.92. The zero-order valence-electron chi connectivity index (χ0n) is 20.6. The third-order valence-corrected chi connectivity index (χ3v) is 8.40. The van der Waals surface area contributed by atoms with Gasteiger partial charge in [0.2, 0.25) is 10.0 Å². The van der Waals surface area contributed by atoms with Crippen LogP contribution >= 0.6 is 15.9 Å². The van der Waals surface area contributed by atoms with Crippen LogP contribution in [-0.4, -0.2) is 25.7 Å². The molecule has 0 aliphatic carbocycles. The fourth-order valence-electron chi connectivity index (χ4n) is 4.43. The van der Waals surface area contributed by atoms with Crippen LogP contribution in [0.1, 0.15) is 28.3 Å². The normalized spacial score (nSPS) is 14.1. The summed E-state index contributed by atoms with van der Waals surface area (Å²) in [6, 6.07) is 33.2. The molecule has 4 aromatic carbocycles. The van der Waals surface area contributed by atoms with Gasteiger partial charge in [-0.25, -0.2) is 13.1 Å². The molecule has 0 aliphatic rings. The van der Waals surface area contributed by atoms with Gasteiger partial charge in [0.05, 0.1) is 23.1 Å². The molecule has 0 unspecified atom stereocenters. The Labute approximate surface area is 227 Å². The molecule has 0 aromatic heterocycles. The van der Waals surface area contributed by atoms with Gasteiger partial charge in [-0.1, -0.05) is 106 Å². The van der Waals surface area contributed by atoms with Gasteiger partial charge >= 0.3 is 0 Å². The van der Waals surface area contributed by atoms with Gasteiger partial charge in [0, 0.05) is 11.0 Å². The first-order valence-electron chi connectivity index (χ1n) is 12.1. The summed E-state index contributed by atoms with van der Waals surface area (Å²) in [6.45, 7) is 2.06. The maximum atomic E-state index is 13.7. The number of aliphatic hydroxyl groups excluding tert-OH is 1. The largest absolute Gasteiger partial charge is 0.394 e. The Balaban J connectivity index is 1.82. The molecular formula is C30H31BrN2O3S. The molecule has 0 radical (unpaired) electrons. The van der Waals surface area contributed by atoms with Crippen LogP contribution < -0.4 is 10.0 Å². The second kappa shape index (κ2) is 12.2. The van der Waals surface area contributed by atoms with Gasteiger partial charge < -0.3 is 10.4 Å². The van der Waals surface area contributed by atoms with Crippen molar-refractivity contribution >= 4 is 26.0 Å². The van der Waals surface area contributed by atoms with Crippen molar-refractivity contribution in [2.24, 2.45) is 0 Å². The van der Waals surface area contributed by atoms with Crippen molar-refractivity contribution in [3.05, 3.63) is 136 Å². The number of rotatable bonds is 11. The Morgan fingerprint density at radius 1 is 0.838 bits per heavy atom. The number of halogens is 1. The predicted octanol–water partition coefficient (Wildman–Crippen LogP) is 5.54. The number of aliphatic hydroxyl groups is 1. The van der Waals surface area contributed by atoms with Gasteiger partial charge in [0.15, 0.2) is 0 Å². The van der Waals surface area contributed by atoms with E-state index in [1.165, 1.54) is 0 Å². The molecule has 0 amide bonds. The zero-order valence-corrected chi connectivity index (χ0v) is 23.0. The lowest BCUT2D eigenvalue weighted by atomic mass is 9.81. The van der Waals surface area contributed by atoms with Crippen LogP contribution in [0.2, 0.25) is 0 Å². The van der Waals surface area contributed by atoms with E-state index in [0.717, 1.165) is 26.7 Å². The van der Waals surface area contributed by atoms with Gasteiger partial charge in [0.25, 0.3) is 0 Å². The minimum Gasteiger partial charge on any atom is -0.394 e. The van der Waals surface area contributed by atoms with Crippen LogP contribution in [0, 0.1) is 6.92 Å². The average Bonchev–Trinajstić information content (AvgIpc) is 2.91. The molecule has 0 spiro atoms. The molecule has 4 aromatic rings. The van der Waals surface area contributed by atoms with Crippen molar-refractivity contribution in [1.82, 2.24) is 10.0 Å². The maximum Gasteiger partial charge on any atom is 0.241 e. The van der Waals surface area contributed by atoms with Gasteiger partial charge in [-0.2, -0.15) is 0 Å². The third kappa shape index (κ3) is 6.94. The third-order valence-electron chi connectivity index (χ3n) is 6.47. The smallest absolute Gasteiger partial charge is 0.241 e. The number of hydrogen-bond acceptors (Lipinski definition) is 4. The molecule has 0 saturated carbocycles. The second-order valence-electron chi connectivity index (χ2n) is 9.24. The molecule has 2 atom stereocenters. The lowest BCUT2D eigenvalue weighted by molar-refractivity contribution is 0.126. The molecular weight excluding hydrogens is 548 g/mol. The minimum absolute atomic E-state index is 0.174. The highest BCUT2D eigenvalue weighted by molar-refractivity contribution is 9.10. The SMILES string of the molecule is Cc1ccc(S(=O)(=O)N[C@@H](c2cccc(Br)c2)[C@@](CO)(Cc2ccccc2)NCc2ccccc2)cc1. The summed E-state index contributed by atoms with van der Waals surface area (Å²) in [6.07, 6.45) is 0.394. The van der Waals surface area contributed by atoms with E-state index in [2.05, 4.69) is 26.0 Å². The number of sulfonamides is 1. The standard InChI is InChI=1S/C30H31BrN2O3S/c1-23-15-17-28(18-16-23)37(35,36)33-29(26-13-8-14-27(31)19-26)30(22-34,20-24-9-4-2-5-10-24)32-21-25-11-6-3-7-12-25/h2-19,29,32-34H,20-22H2,1H3/t29-,30-/m0/s1. The van der Waals surface area contributed by atoms with Crippen LogP contribution in [-0.2, 0) is 23.0 Å². The molecule has 0 heterocycles. The highest BCUT2D eigenvalue weighted by atomic mass is 79.9. The van der Waals surface area contributed by atoms with Gasteiger partial charge in [-0.3, -0.25) is 0 Å². The quantitative estimate of drug-likeness (QED) is 0.218. The lowest BCUT2D eigenvalue weighted by Crippen LogP contribution is -2.59. The van der Waals surface area contributed by atoms with E-state index in [0.29, 0.717) is 13.0 Å². The second-order valence-corrected chi connectivity index (χ2v) is 11.9. The van der Waals surface area contributed by atoms with Crippen molar-refractivity contribution in [3.8, 4) is 0 Å². The molecule has 0 bridgehead atoms. The molecule has 4 rings (SSSR count). The van der Waals surface area contributed by atoms with Crippen LogP contribution in [0.4, 0.5) is 0 Å². The Morgan fingerprint density at radius 3 is 2.05 bits per heavy atom. The molecule has 0 aliphatic heterocycles. The number of hydrogen-bond donors (Lipinski definition) is 3. The van der Waals surface area contributed by atoms with E-state index in [1.54, 1.807) is 24.3 Å². The van der Waals surface area contributed by atoms with Crippen molar-refractivity contribution < 1.29 is 13.5 Å². The van der Waals surface area contributed by atoms with Gasteiger partial charge in [-0.05, 0) is 54.3 Å². The van der Waals surface area contributed by atoms with E-state index >= 15 is 0 Å². The molecule has 0 saturated heterocycles. The van der Waals surface area contributed by atoms with Crippen LogP contribution in [0.3, 0.4) is 0 Å². The molecule has 37 heavy (non-hydrogen) atoms. The van der Waals surface area contributed by atoms with Crippen molar-refractivity contribution in [1.29, 1.82) is 0 Å². The number of nitrogens with one attached hydrogen (secondary N) is 2. The summed E-state index contributed by atoms with van der Waals surface area (Å²) >= 11 is 3.53. The average molecular weight is 580 g/mol. The Kier molecular flexibility index (Phi) is 8.95. The Bertz CT molecular complexity index is 1400. The van der Waals surface area contributed by atoms with Crippen LogP contribution in [0.25, 0.3) is 0 Å². The fourth-order valence-corrected chi connectivity index (χ4v) is 6.15. The molecule has 0 fully saturated rings. The topological polar surface area (TPSA) is 78.4 Å². The van der Waals surface area contributed by atoms with E-state index in [-0.39, 0.29) is 11.5 Å². The first-order chi connectivity index (χ1) is 17.8. The molecule has 5 nitrogen and oxygen atoms in total. The first-order valence-corrected chi connectivity index (χ1v) is 14.4. The van der Waals surface area contributed by atoms with E-state index < -0.39 is 21.6 Å². The van der Waals surface area contributed by atoms with E-state index in [9.17, 15) is 13.5 Å². The van der Waals surface area contributed by atoms with Crippen LogP contribution in [0.15, 0.2) is 119 Å². The Morgan fingerprint density at radius 2 is 1.46 bits per heavy atom. The summed E-state index contributed by atoms with van der Waals surface area (Å²) in [4.78, 5) is 0.174. The van der Waals surface area contributed by atoms with Crippen LogP contribution in [0.5, 0.6) is 0 Å². The first kappa shape index (κ1) is 27.2. The molecule has 3 N–H and O–H groups in total. The number of benzene rings is 4. The van der Waals surface area contributed by atoms with E-state index in [1.807, 2.05) is 91.9 Å². The zero-order chi connectivity index (χ0) is 26.3. The summed E-state index contributed by atoms with van der Waals surface area (Å²) < 4.78 is 31.1. The summed E-state index contributed by atoms with van der Waals surface area (Å²) in [5.74, 6) is 0. The summed E-state index contributed by atoms with van der Waals surface area (Å²) in [5.41, 5.74) is 2.65.